The number of aryl methyl sites for hydroxylation is 1. The van der Waals surface area contributed by atoms with Crippen LogP contribution in [0.1, 0.15) is 96.0 Å². The van der Waals surface area contributed by atoms with Gasteiger partial charge in [-0.15, -0.1) is 12.3 Å². The van der Waals surface area contributed by atoms with Crippen LogP contribution in [0.15, 0.2) is 73.2 Å². The van der Waals surface area contributed by atoms with E-state index >= 15 is 0 Å². The summed E-state index contributed by atoms with van der Waals surface area (Å²) in [5.74, 6) is 1.48. The van der Waals surface area contributed by atoms with Gasteiger partial charge >= 0.3 is 0 Å². The number of aromatic nitrogens is 2. The molecule has 1 aromatic heterocycles. The van der Waals surface area contributed by atoms with Crippen molar-refractivity contribution in [2.24, 2.45) is 0 Å². The van der Waals surface area contributed by atoms with Gasteiger partial charge in [-0.2, -0.15) is 0 Å². The Kier molecular flexibility index (Phi) is 14.9. The molecule has 0 fully saturated rings. The van der Waals surface area contributed by atoms with Crippen LogP contribution in [0, 0.1) is 0 Å². The lowest BCUT2D eigenvalue weighted by Crippen LogP contribution is -2.21. The first kappa shape index (κ1) is 32.8. The Morgan fingerprint density at radius 3 is 1.78 bits per heavy atom. The summed E-state index contributed by atoms with van der Waals surface area (Å²) >= 11 is 0. The van der Waals surface area contributed by atoms with Crippen LogP contribution in [0.3, 0.4) is 0 Å². The van der Waals surface area contributed by atoms with Crippen molar-refractivity contribution in [1.82, 2.24) is 9.97 Å². The highest BCUT2D eigenvalue weighted by Gasteiger charge is 2.14. The third-order valence-electron chi connectivity index (χ3n) is 8.16. The summed E-state index contributed by atoms with van der Waals surface area (Å²) in [6.07, 6.45) is 21.8. The highest BCUT2D eigenvalue weighted by Crippen LogP contribution is 2.25. The lowest BCUT2D eigenvalue weighted by Gasteiger charge is -2.16. The Balaban J connectivity index is 1.32. The van der Waals surface area contributed by atoms with Crippen molar-refractivity contribution < 1.29 is 4.74 Å². The third-order valence-corrected chi connectivity index (χ3v) is 10.9. The summed E-state index contributed by atoms with van der Waals surface area (Å²) in [6, 6.07) is 19.0. The van der Waals surface area contributed by atoms with E-state index < -0.39 is 8.07 Å². The van der Waals surface area contributed by atoms with Gasteiger partial charge in [0.15, 0.2) is 11.6 Å². The van der Waals surface area contributed by atoms with Gasteiger partial charge in [-0.3, -0.25) is 0 Å². The fourth-order valence-corrected chi connectivity index (χ4v) is 6.55. The van der Waals surface area contributed by atoms with E-state index in [0.29, 0.717) is 0 Å². The number of rotatable bonds is 21. The van der Waals surface area contributed by atoms with Crippen molar-refractivity contribution in [3.05, 3.63) is 78.8 Å². The second-order valence-corrected chi connectivity index (χ2v) is 17.2. The lowest BCUT2D eigenvalue weighted by molar-refractivity contribution is 0.302. The van der Waals surface area contributed by atoms with E-state index in [-0.39, 0.29) is 0 Å². The Bertz CT molecular complexity index is 1110. The SMILES string of the molecule is C=C[Si](C)(C)CCCCCCCCCOc1cnc(-c2ccc(-c3ccc(CCCCCCCC)cc3)cc2)nc1. The van der Waals surface area contributed by atoms with Gasteiger partial charge in [0.25, 0.3) is 0 Å². The molecule has 41 heavy (non-hydrogen) atoms. The molecular formula is C37H54N2OSi. The molecule has 222 valence electrons. The molecule has 0 aliphatic heterocycles. The Hall–Kier alpha value is -2.72. The van der Waals surface area contributed by atoms with Crippen molar-refractivity contribution in [3.8, 4) is 28.3 Å². The molecule has 0 radical (unpaired) electrons. The summed E-state index contributed by atoms with van der Waals surface area (Å²) in [6.45, 7) is 11.8. The van der Waals surface area contributed by atoms with E-state index in [1.807, 2.05) is 0 Å². The number of hydrogen-bond acceptors (Lipinski definition) is 3. The minimum Gasteiger partial charge on any atom is -0.490 e. The van der Waals surface area contributed by atoms with Crippen LogP contribution in [-0.4, -0.2) is 24.6 Å². The maximum absolute atomic E-state index is 5.89. The van der Waals surface area contributed by atoms with Gasteiger partial charge in [0.2, 0.25) is 0 Å². The topological polar surface area (TPSA) is 35.0 Å². The highest BCUT2D eigenvalue weighted by molar-refractivity contribution is 6.82. The van der Waals surface area contributed by atoms with Gasteiger partial charge in [0.1, 0.15) is 0 Å². The average molecular weight is 571 g/mol. The molecule has 0 saturated heterocycles. The number of benzene rings is 2. The second-order valence-electron chi connectivity index (χ2n) is 12.3. The predicted molar refractivity (Wildman–Crippen MR) is 180 cm³/mol. The molecule has 3 nitrogen and oxygen atoms in total. The monoisotopic (exact) mass is 570 g/mol. The van der Waals surface area contributed by atoms with E-state index in [0.717, 1.165) is 30.2 Å². The van der Waals surface area contributed by atoms with Crippen LogP contribution in [0.2, 0.25) is 19.1 Å². The lowest BCUT2D eigenvalue weighted by atomic mass is 10.00. The standard InChI is InChI=1S/C37H54N2OSi/c1-5-7-8-9-13-16-19-32-20-22-33(23-21-32)34-24-26-35(27-25-34)37-38-30-36(31-39-37)40-28-17-14-11-10-12-15-18-29-41(3,4)6-2/h6,20-27,30-31H,2,5,7-19,28-29H2,1,3-4H3. The molecule has 1 heterocycles. The molecule has 3 aromatic rings. The molecule has 0 spiro atoms. The first-order chi connectivity index (χ1) is 20.0. The summed E-state index contributed by atoms with van der Waals surface area (Å²) in [5.41, 5.74) is 7.16. The molecule has 0 aliphatic carbocycles. The normalized spacial score (nSPS) is 11.5. The van der Waals surface area contributed by atoms with Crippen LogP contribution in [-0.2, 0) is 6.42 Å². The van der Waals surface area contributed by atoms with Gasteiger partial charge in [-0.25, -0.2) is 9.97 Å². The quantitative estimate of drug-likeness (QED) is 0.0943. The van der Waals surface area contributed by atoms with Gasteiger partial charge in [-0.05, 0) is 36.0 Å². The minimum atomic E-state index is -1.11. The zero-order chi connectivity index (χ0) is 29.2. The molecule has 3 rings (SSSR count). The zero-order valence-electron chi connectivity index (χ0n) is 26.2. The summed E-state index contributed by atoms with van der Waals surface area (Å²) in [4.78, 5) is 9.11. The molecule has 0 atom stereocenters. The molecule has 0 bridgehead atoms. The summed E-state index contributed by atoms with van der Waals surface area (Å²) in [5, 5.41) is 0. The second kappa shape index (κ2) is 18.7. The predicted octanol–water partition coefficient (Wildman–Crippen LogP) is 11.3. The van der Waals surface area contributed by atoms with Crippen molar-refractivity contribution >= 4 is 8.07 Å². The van der Waals surface area contributed by atoms with Crippen molar-refractivity contribution in [2.75, 3.05) is 6.61 Å². The highest BCUT2D eigenvalue weighted by atomic mass is 28.3. The largest absolute Gasteiger partial charge is 0.490 e. The number of nitrogens with zero attached hydrogens (tertiary/aromatic N) is 2. The third kappa shape index (κ3) is 12.8. The zero-order valence-corrected chi connectivity index (χ0v) is 27.2. The molecule has 4 heteroatoms. The maximum atomic E-state index is 5.89. The smallest absolute Gasteiger partial charge is 0.159 e. The Labute approximate surface area is 251 Å². The molecule has 2 aromatic carbocycles. The van der Waals surface area contributed by atoms with Crippen molar-refractivity contribution in [2.45, 2.75) is 116 Å². The van der Waals surface area contributed by atoms with Crippen LogP contribution >= 0.6 is 0 Å². The van der Waals surface area contributed by atoms with E-state index in [4.69, 9.17) is 4.74 Å². The van der Waals surface area contributed by atoms with Gasteiger partial charge in [-0.1, -0.05) is 145 Å². The molecule has 0 saturated carbocycles. The van der Waals surface area contributed by atoms with Crippen molar-refractivity contribution in [1.29, 1.82) is 0 Å². The number of ether oxygens (including phenoxy) is 1. The van der Waals surface area contributed by atoms with Crippen LogP contribution in [0.25, 0.3) is 22.5 Å². The Morgan fingerprint density at radius 2 is 1.17 bits per heavy atom. The van der Waals surface area contributed by atoms with Gasteiger partial charge < -0.3 is 4.74 Å². The molecule has 0 aliphatic rings. The Morgan fingerprint density at radius 1 is 0.659 bits per heavy atom. The van der Waals surface area contributed by atoms with Gasteiger partial charge in [0, 0.05) is 5.56 Å². The molecule has 0 unspecified atom stereocenters. The maximum Gasteiger partial charge on any atom is 0.159 e. The van der Waals surface area contributed by atoms with E-state index in [1.165, 1.54) is 106 Å². The van der Waals surface area contributed by atoms with Crippen LogP contribution in [0.5, 0.6) is 5.75 Å². The van der Waals surface area contributed by atoms with Crippen molar-refractivity contribution in [3.63, 3.8) is 0 Å². The van der Waals surface area contributed by atoms with E-state index in [9.17, 15) is 0 Å². The number of unbranched alkanes of at least 4 members (excludes halogenated alkanes) is 11. The summed E-state index contributed by atoms with van der Waals surface area (Å²) in [7, 11) is -1.11. The summed E-state index contributed by atoms with van der Waals surface area (Å²) < 4.78 is 5.89. The minimum absolute atomic E-state index is 0.730. The van der Waals surface area contributed by atoms with E-state index in [1.54, 1.807) is 12.4 Å². The molecular weight excluding hydrogens is 517 g/mol. The van der Waals surface area contributed by atoms with Crippen LogP contribution in [0.4, 0.5) is 0 Å². The van der Waals surface area contributed by atoms with Gasteiger partial charge in [0.05, 0.1) is 27.1 Å². The first-order valence-corrected chi connectivity index (χ1v) is 19.6. The molecule has 0 N–H and O–H groups in total. The molecule has 0 amide bonds. The van der Waals surface area contributed by atoms with Crippen LogP contribution < -0.4 is 4.74 Å². The fourth-order valence-electron chi connectivity index (χ4n) is 5.18. The number of hydrogen-bond donors (Lipinski definition) is 0. The average Bonchev–Trinajstić information content (AvgIpc) is 3.00. The fraction of sp³-hybridized carbons (Fsp3) is 0.514. The van der Waals surface area contributed by atoms with E-state index in [2.05, 4.69) is 90.8 Å². The first-order valence-electron chi connectivity index (χ1n) is 16.3.